The lowest BCUT2D eigenvalue weighted by Gasteiger charge is -2.30. The molecule has 4 rings (SSSR count). The van der Waals surface area contributed by atoms with Gasteiger partial charge in [0.05, 0.1) is 16.4 Å². The largest absolute Gasteiger partial charge is 0.457 e. The van der Waals surface area contributed by atoms with Gasteiger partial charge in [-0.05, 0) is 63.9 Å². The van der Waals surface area contributed by atoms with Crippen LogP contribution in [0.3, 0.4) is 0 Å². The zero-order valence-corrected chi connectivity index (χ0v) is 22.6. The number of aromatic nitrogens is 1. The first-order valence-corrected chi connectivity index (χ1v) is 13.9. The Kier molecular flexibility index (Phi) is 8.04. The number of rotatable bonds is 7. The molecule has 7 nitrogen and oxygen atoms in total. The molecule has 0 unspecified atom stereocenters. The van der Waals surface area contributed by atoms with Crippen molar-refractivity contribution in [1.82, 2.24) is 8.87 Å². The van der Waals surface area contributed by atoms with Crippen LogP contribution in [0, 0.1) is 26.7 Å². The SMILES string of the molecule is Cc1ccc(-n2c(C)cc(C(=O)COC(=O)C3CCN(S(=O)(=O)c4ccccc4C(F)(F)F)CC3)c2C)cc1. The van der Waals surface area contributed by atoms with Crippen LogP contribution in [0.4, 0.5) is 13.2 Å². The Balaban J connectivity index is 1.37. The first kappa shape index (κ1) is 28.6. The highest BCUT2D eigenvalue weighted by molar-refractivity contribution is 7.89. The molecule has 1 fully saturated rings. The summed E-state index contributed by atoms with van der Waals surface area (Å²) in [6.07, 6.45) is -4.68. The number of halogens is 3. The summed E-state index contributed by atoms with van der Waals surface area (Å²) in [5, 5.41) is 0. The number of ether oxygens (including phenoxy) is 1. The third-order valence-electron chi connectivity index (χ3n) is 6.97. The van der Waals surface area contributed by atoms with Gasteiger partial charge in [-0.3, -0.25) is 9.59 Å². The number of ketones is 1. The number of nitrogens with zero attached hydrogens (tertiary/aromatic N) is 2. The molecule has 39 heavy (non-hydrogen) atoms. The predicted octanol–water partition coefficient (Wildman–Crippen LogP) is 5.25. The van der Waals surface area contributed by atoms with Gasteiger partial charge in [0.2, 0.25) is 15.8 Å². The van der Waals surface area contributed by atoms with Crippen molar-refractivity contribution in [2.75, 3.05) is 19.7 Å². The Hall–Kier alpha value is -3.44. The van der Waals surface area contributed by atoms with Crippen molar-refractivity contribution in [1.29, 1.82) is 0 Å². The molecular formula is C28H29F3N2O5S. The first-order valence-electron chi connectivity index (χ1n) is 12.4. The second-order valence-electron chi connectivity index (χ2n) is 9.66. The lowest BCUT2D eigenvalue weighted by molar-refractivity contribution is -0.148. The minimum Gasteiger partial charge on any atom is -0.457 e. The predicted molar refractivity (Wildman–Crippen MR) is 138 cm³/mol. The maximum absolute atomic E-state index is 13.4. The van der Waals surface area contributed by atoms with Crippen LogP contribution in [-0.4, -0.2) is 48.7 Å². The zero-order chi connectivity index (χ0) is 28.5. The Morgan fingerprint density at radius 2 is 1.59 bits per heavy atom. The van der Waals surface area contributed by atoms with E-state index in [1.807, 2.05) is 49.6 Å². The molecule has 0 amide bonds. The van der Waals surface area contributed by atoms with Crippen LogP contribution in [-0.2, 0) is 25.7 Å². The van der Waals surface area contributed by atoms with E-state index in [0.717, 1.165) is 45.1 Å². The number of benzene rings is 2. The van der Waals surface area contributed by atoms with Gasteiger partial charge in [0.25, 0.3) is 0 Å². The average molecular weight is 563 g/mol. The summed E-state index contributed by atoms with van der Waals surface area (Å²) in [6.45, 7) is 4.94. The van der Waals surface area contributed by atoms with Gasteiger partial charge in [-0.2, -0.15) is 17.5 Å². The molecule has 0 spiro atoms. The van der Waals surface area contributed by atoms with E-state index in [-0.39, 0.29) is 31.7 Å². The van der Waals surface area contributed by atoms with E-state index in [0.29, 0.717) is 5.56 Å². The summed E-state index contributed by atoms with van der Waals surface area (Å²) in [5.41, 5.74) is 2.80. The summed E-state index contributed by atoms with van der Waals surface area (Å²) < 4.78 is 74.2. The molecule has 1 aliphatic heterocycles. The number of carbonyl (C=O) groups is 2. The van der Waals surface area contributed by atoms with Crippen molar-refractivity contribution in [2.24, 2.45) is 5.92 Å². The van der Waals surface area contributed by atoms with E-state index in [2.05, 4.69) is 0 Å². The van der Waals surface area contributed by atoms with Crippen molar-refractivity contribution in [2.45, 2.75) is 44.7 Å². The number of hydrogen-bond donors (Lipinski definition) is 0. The lowest BCUT2D eigenvalue weighted by atomic mass is 9.98. The number of carbonyl (C=O) groups excluding carboxylic acids is 2. The van der Waals surface area contributed by atoms with Crippen LogP contribution >= 0.6 is 0 Å². The van der Waals surface area contributed by atoms with Gasteiger partial charge in [0.15, 0.2) is 6.61 Å². The Labute approximate surface area is 225 Å². The van der Waals surface area contributed by atoms with Crippen molar-refractivity contribution in [3.8, 4) is 5.69 Å². The number of piperidine rings is 1. The highest BCUT2D eigenvalue weighted by Crippen LogP contribution is 2.36. The topological polar surface area (TPSA) is 85.7 Å². The smallest absolute Gasteiger partial charge is 0.417 e. The molecule has 1 aliphatic rings. The molecule has 208 valence electrons. The third-order valence-corrected chi connectivity index (χ3v) is 8.92. The standard InChI is InChI=1S/C28H29F3N2O5S/c1-18-8-10-22(11-9-18)33-19(2)16-23(20(33)3)25(34)17-38-27(35)21-12-14-32(15-13-21)39(36,37)26-7-5-4-6-24(26)28(29,30)31/h4-11,16,21H,12-15,17H2,1-3H3. The lowest BCUT2D eigenvalue weighted by Crippen LogP contribution is -2.41. The normalized spacial score (nSPS) is 15.3. The number of alkyl halides is 3. The fourth-order valence-corrected chi connectivity index (χ4v) is 6.55. The summed E-state index contributed by atoms with van der Waals surface area (Å²) >= 11 is 0. The van der Waals surface area contributed by atoms with Gasteiger partial charge in [-0.15, -0.1) is 0 Å². The molecule has 0 bridgehead atoms. The average Bonchev–Trinajstić information content (AvgIpc) is 3.20. The number of aryl methyl sites for hydroxylation is 2. The van der Waals surface area contributed by atoms with Gasteiger partial charge in [0, 0.05) is 35.7 Å². The minimum atomic E-state index is -4.82. The van der Waals surface area contributed by atoms with Gasteiger partial charge in [-0.1, -0.05) is 29.8 Å². The molecule has 11 heteroatoms. The summed E-state index contributed by atoms with van der Waals surface area (Å²) in [6, 6.07) is 13.6. The molecule has 2 aromatic carbocycles. The molecule has 1 saturated heterocycles. The third kappa shape index (κ3) is 5.94. The van der Waals surface area contributed by atoms with Crippen LogP contribution < -0.4 is 0 Å². The highest BCUT2D eigenvalue weighted by atomic mass is 32.2. The van der Waals surface area contributed by atoms with Crippen molar-refractivity contribution < 1.29 is 35.9 Å². The number of hydrogen-bond acceptors (Lipinski definition) is 5. The van der Waals surface area contributed by atoms with Gasteiger partial charge < -0.3 is 9.30 Å². The Morgan fingerprint density at radius 1 is 0.974 bits per heavy atom. The molecule has 0 aliphatic carbocycles. The maximum atomic E-state index is 13.4. The molecule has 2 heterocycles. The molecule has 0 saturated carbocycles. The molecule has 1 aromatic heterocycles. The first-order chi connectivity index (χ1) is 18.3. The van der Waals surface area contributed by atoms with Crippen molar-refractivity contribution >= 4 is 21.8 Å². The van der Waals surface area contributed by atoms with Crippen LogP contribution in [0.5, 0.6) is 0 Å². The monoisotopic (exact) mass is 562 g/mol. The quantitative estimate of drug-likeness (QED) is 0.290. The van der Waals surface area contributed by atoms with E-state index >= 15 is 0 Å². The number of sulfonamides is 1. The van der Waals surface area contributed by atoms with E-state index in [4.69, 9.17) is 4.74 Å². The van der Waals surface area contributed by atoms with E-state index in [1.165, 1.54) is 6.07 Å². The van der Waals surface area contributed by atoms with Crippen LogP contribution in [0.25, 0.3) is 5.69 Å². The molecule has 0 atom stereocenters. The van der Waals surface area contributed by atoms with Crippen LogP contribution in [0.15, 0.2) is 59.5 Å². The summed E-state index contributed by atoms with van der Waals surface area (Å²) in [7, 11) is -4.41. The van der Waals surface area contributed by atoms with Crippen LogP contribution in [0.2, 0.25) is 0 Å². The van der Waals surface area contributed by atoms with E-state index in [9.17, 15) is 31.2 Å². The van der Waals surface area contributed by atoms with Crippen molar-refractivity contribution in [3.05, 3.63) is 82.7 Å². The molecule has 3 aromatic rings. The van der Waals surface area contributed by atoms with Gasteiger partial charge in [0.1, 0.15) is 0 Å². The Bertz CT molecular complexity index is 1490. The summed E-state index contributed by atoms with van der Waals surface area (Å²) in [5.74, 6) is -1.66. The second-order valence-corrected chi connectivity index (χ2v) is 11.6. The molecular weight excluding hydrogens is 533 g/mol. The minimum absolute atomic E-state index is 0.0718. The highest BCUT2D eigenvalue weighted by Gasteiger charge is 2.40. The van der Waals surface area contributed by atoms with E-state index < -0.39 is 45.2 Å². The van der Waals surface area contributed by atoms with Crippen molar-refractivity contribution in [3.63, 3.8) is 0 Å². The second kappa shape index (κ2) is 11.0. The zero-order valence-electron chi connectivity index (χ0n) is 21.8. The number of esters is 1. The fourth-order valence-electron chi connectivity index (χ4n) is 4.87. The molecule has 0 radical (unpaired) electrons. The Morgan fingerprint density at radius 3 is 2.21 bits per heavy atom. The van der Waals surface area contributed by atoms with E-state index in [1.54, 1.807) is 6.07 Å². The fraction of sp³-hybridized carbons (Fsp3) is 0.357. The van der Waals surface area contributed by atoms with Gasteiger partial charge in [-0.25, -0.2) is 8.42 Å². The number of Topliss-reactive ketones (excluding diaryl/α,β-unsaturated/α-hetero) is 1. The summed E-state index contributed by atoms with van der Waals surface area (Å²) in [4.78, 5) is 24.7. The van der Waals surface area contributed by atoms with Gasteiger partial charge >= 0.3 is 12.1 Å². The van der Waals surface area contributed by atoms with Crippen LogP contribution in [0.1, 0.15) is 45.7 Å². The maximum Gasteiger partial charge on any atom is 0.417 e. The molecule has 0 N–H and O–H groups in total.